The smallest absolute Gasteiger partial charge is 0.163 e. The number of carbonyl (C=O) groups is 1. The molecule has 1 aromatic heterocycles. The standard InChI is InChI=1S/C16H17NO2S/c1-11(18)15-5-4-14(8-16(15)19)17(13-2-3-13)9-12-6-7-20-10-12/h4-8,10,13,19H,2-3,9H2,1H3. The summed E-state index contributed by atoms with van der Waals surface area (Å²) in [6.07, 6.45) is 2.39. The molecule has 0 spiro atoms. The van der Waals surface area contributed by atoms with E-state index in [4.69, 9.17) is 0 Å². The van der Waals surface area contributed by atoms with E-state index in [2.05, 4.69) is 21.7 Å². The fourth-order valence-electron chi connectivity index (χ4n) is 2.39. The van der Waals surface area contributed by atoms with Crippen LogP contribution in [0.25, 0.3) is 0 Å². The number of nitrogens with zero attached hydrogens (tertiary/aromatic N) is 1. The number of anilines is 1. The summed E-state index contributed by atoms with van der Waals surface area (Å²) in [5.74, 6) is -0.0316. The number of aromatic hydroxyl groups is 1. The number of hydrogen-bond donors (Lipinski definition) is 1. The summed E-state index contributed by atoms with van der Waals surface area (Å²) in [5.41, 5.74) is 2.67. The van der Waals surface area contributed by atoms with Gasteiger partial charge in [-0.2, -0.15) is 11.3 Å². The Morgan fingerprint density at radius 3 is 2.75 bits per heavy atom. The third-order valence-electron chi connectivity index (χ3n) is 3.61. The molecule has 4 heteroatoms. The summed E-state index contributed by atoms with van der Waals surface area (Å²) in [5, 5.41) is 14.2. The highest BCUT2D eigenvalue weighted by Gasteiger charge is 2.29. The summed E-state index contributed by atoms with van der Waals surface area (Å²) in [6.45, 7) is 2.33. The first-order valence-corrected chi connectivity index (χ1v) is 7.71. The fourth-order valence-corrected chi connectivity index (χ4v) is 3.05. The van der Waals surface area contributed by atoms with Gasteiger partial charge in [0.15, 0.2) is 5.78 Å². The van der Waals surface area contributed by atoms with Gasteiger partial charge in [-0.3, -0.25) is 4.79 Å². The van der Waals surface area contributed by atoms with Gasteiger partial charge in [-0.15, -0.1) is 0 Å². The second-order valence-electron chi connectivity index (χ2n) is 5.25. The normalized spacial score (nSPS) is 14.2. The summed E-state index contributed by atoms with van der Waals surface area (Å²) >= 11 is 1.70. The zero-order valence-electron chi connectivity index (χ0n) is 11.4. The number of hydrogen-bond acceptors (Lipinski definition) is 4. The van der Waals surface area contributed by atoms with E-state index in [0.717, 1.165) is 12.2 Å². The molecule has 1 aliphatic rings. The van der Waals surface area contributed by atoms with Crippen LogP contribution in [-0.2, 0) is 6.54 Å². The van der Waals surface area contributed by atoms with Crippen LogP contribution in [0.4, 0.5) is 5.69 Å². The average molecular weight is 287 g/mol. The topological polar surface area (TPSA) is 40.5 Å². The highest BCUT2D eigenvalue weighted by Crippen LogP contribution is 2.35. The van der Waals surface area contributed by atoms with E-state index >= 15 is 0 Å². The fraction of sp³-hybridized carbons (Fsp3) is 0.312. The Labute approximate surface area is 122 Å². The van der Waals surface area contributed by atoms with Gasteiger partial charge in [0.25, 0.3) is 0 Å². The van der Waals surface area contributed by atoms with Gasteiger partial charge in [-0.25, -0.2) is 0 Å². The van der Waals surface area contributed by atoms with Crippen molar-refractivity contribution in [3.63, 3.8) is 0 Å². The minimum Gasteiger partial charge on any atom is -0.507 e. The highest BCUT2D eigenvalue weighted by atomic mass is 32.1. The van der Waals surface area contributed by atoms with Gasteiger partial charge < -0.3 is 10.0 Å². The molecule has 1 aliphatic carbocycles. The number of ketones is 1. The zero-order valence-corrected chi connectivity index (χ0v) is 12.2. The van der Waals surface area contributed by atoms with E-state index in [0.29, 0.717) is 11.6 Å². The molecule has 3 nitrogen and oxygen atoms in total. The van der Waals surface area contributed by atoms with E-state index in [-0.39, 0.29) is 11.5 Å². The van der Waals surface area contributed by atoms with Crippen LogP contribution in [0, 0.1) is 0 Å². The first-order valence-electron chi connectivity index (χ1n) is 6.77. The first kappa shape index (κ1) is 13.2. The summed E-state index contributed by atoms with van der Waals surface area (Å²) < 4.78 is 0. The van der Waals surface area contributed by atoms with Crippen molar-refractivity contribution in [3.8, 4) is 5.75 Å². The lowest BCUT2D eigenvalue weighted by atomic mass is 10.1. The highest BCUT2D eigenvalue weighted by molar-refractivity contribution is 7.07. The molecule has 104 valence electrons. The van der Waals surface area contributed by atoms with E-state index in [9.17, 15) is 9.90 Å². The maximum Gasteiger partial charge on any atom is 0.163 e. The van der Waals surface area contributed by atoms with Crippen LogP contribution in [0.15, 0.2) is 35.0 Å². The Morgan fingerprint density at radius 2 is 2.20 bits per heavy atom. The van der Waals surface area contributed by atoms with Gasteiger partial charge in [0, 0.05) is 24.3 Å². The molecule has 1 heterocycles. The molecule has 0 radical (unpaired) electrons. The van der Waals surface area contributed by atoms with Gasteiger partial charge in [-0.1, -0.05) is 0 Å². The van der Waals surface area contributed by atoms with Gasteiger partial charge in [-0.05, 0) is 54.3 Å². The Hall–Kier alpha value is -1.81. The number of benzene rings is 1. The molecule has 1 fully saturated rings. The van der Waals surface area contributed by atoms with Crippen molar-refractivity contribution in [2.75, 3.05) is 4.90 Å². The maximum absolute atomic E-state index is 11.4. The Morgan fingerprint density at radius 1 is 1.40 bits per heavy atom. The van der Waals surface area contributed by atoms with Crippen LogP contribution in [0.5, 0.6) is 5.75 Å². The number of thiophene rings is 1. The minimum atomic E-state index is -0.107. The maximum atomic E-state index is 11.4. The first-order chi connectivity index (χ1) is 9.65. The molecule has 1 N–H and O–H groups in total. The largest absolute Gasteiger partial charge is 0.507 e. The van der Waals surface area contributed by atoms with Crippen LogP contribution in [0.3, 0.4) is 0 Å². The third kappa shape index (κ3) is 2.70. The molecule has 0 amide bonds. The molecule has 0 atom stereocenters. The Bertz CT molecular complexity index is 617. The second-order valence-corrected chi connectivity index (χ2v) is 6.03. The summed E-state index contributed by atoms with van der Waals surface area (Å²) in [6, 6.07) is 8.04. The van der Waals surface area contributed by atoms with Crippen molar-refractivity contribution in [1.29, 1.82) is 0 Å². The molecule has 0 aliphatic heterocycles. The number of carbonyl (C=O) groups excluding carboxylic acids is 1. The van der Waals surface area contributed by atoms with Crippen molar-refractivity contribution in [3.05, 3.63) is 46.2 Å². The van der Waals surface area contributed by atoms with Crippen molar-refractivity contribution in [1.82, 2.24) is 0 Å². The lowest BCUT2D eigenvalue weighted by molar-refractivity contribution is 0.101. The average Bonchev–Trinajstić information content (AvgIpc) is 3.12. The van der Waals surface area contributed by atoms with Crippen LogP contribution < -0.4 is 4.90 Å². The lowest BCUT2D eigenvalue weighted by Crippen LogP contribution is -2.24. The molecule has 1 saturated carbocycles. The molecule has 2 aromatic rings. The number of phenolic OH excluding ortho intramolecular Hbond substituents is 1. The van der Waals surface area contributed by atoms with Crippen LogP contribution in [0.1, 0.15) is 35.7 Å². The summed E-state index contributed by atoms with van der Waals surface area (Å²) in [4.78, 5) is 13.7. The van der Waals surface area contributed by atoms with Crippen molar-refractivity contribution in [2.24, 2.45) is 0 Å². The second kappa shape index (κ2) is 5.29. The molecule has 0 unspecified atom stereocenters. The molecule has 0 bridgehead atoms. The quantitative estimate of drug-likeness (QED) is 0.850. The van der Waals surface area contributed by atoms with E-state index in [1.807, 2.05) is 6.07 Å². The van der Waals surface area contributed by atoms with Crippen LogP contribution >= 0.6 is 11.3 Å². The zero-order chi connectivity index (χ0) is 14.1. The van der Waals surface area contributed by atoms with Gasteiger partial charge in [0.2, 0.25) is 0 Å². The van der Waals surface area contributed by atoms with Gasteiger partial charge in [0.05, 0.1) is 5.56 Å². The van der Waals surface area contributed by atoms with Crippen LogP contribution in [0.2, 0.25) is 0 Å². The Balaban J connectivity index is 1.88. The molecule has 0 saturated heterocycles. The van der Waals surface area contributed by atoms with Crippen molar-refractivity contribution < 1.29 is 9.90 Å². The monoisotopic (exact) mass is 287 g/mol. The molecular formula is C16H17NO2S. The third-order valence-corrected chi connectivity index (χ3v) is 4.34. The molecule has 3 rings (SSSR count). The Kier molecular flexibility index (Phi) is 3.49. The van der Waals surface area contributed by atoms with Gasteiger partial charge in [0.1, 0.15) is 5.75 Å². The van der Waals surface area contributed by atoms with E-state index in [1.54, 1.807) is 23.5 Å². The number of rotatable bonds is 5. The summed E-state index contributed by atoms with van der Waals surface area (Å²) in [7, 11) is 0. The van der Waals surface area contributed by atoms with Gasteiger partial charge >= 0.3 is 0 Å². The van der Waals surface area contributed by atoms with Crippen LogP contribution in [-0.4, -0.2) is 16.9 Å². The molecule has 20 heavy (non-hydrogen) atoms. The lowest BCUT2D eigenvalue weighted by Gasteiger charge is -2.24. The number of Topliss-reactive ketones (excluding diaryl/α,β-unsaturated/α-hetero) is 1. The van der Waals surface area contributed by atoms with E-state index < -0.39 is 0 Å². The number of phenols is 1. The predicted molar refractivity (Wildman–Crippen MR) is 81.6 cm³/mol. The predicted octanol–water partition coefficient (Wildman–Crippen LogP) is 3.83. The van der Waals surface area contributed by atoms with E-state index in [1.165, 1.54) is 25.3 Å². The van der Waals surface area contributed by atoms with Crippen molar-refractivity contribution >= 4 is 22.8 Å². The minimum absolute atomic E-state index is 0.0750. The molecule has 1 aromatic carbocycles. The SMILES string of the molecule is CC(=O)c1ccc(N(Cc2ccsc2)C2CC2)cc1O. The van der Waals surface area contributed by atoms with Crippen molar-refractivity contribution in [2.45, 2.75) is 32.4 Å². The molecular weight excluding hydrogens is 270 g/mol.